The van der Waals surface area contributed by atoms with E-state index in [4.69, 9.17) is 5.84 Å². The lowest BCUT2D eigenvalue weighted by molar-refractivity contribution is 0.337. The third-order valence-corrected chi connectivity index (χ3v) is 3.45. The van der Waals surface area contributed by atoms with Gasteiger partial charge in [0.05, 0.1) is 6.20 Å². The van der Waals surface area contributed by atoms with Gasteiger partial charge in [0.25, 0.3) is 0 Å². The molecule has 102 valence electrons. The molecule has 2 heterocycles. The Labute approximate surface area is 111 Å². The summed E-state index contributed by atoms with van der Waals surface area (Å²) in [4.78, 5) is 11.1. The van der Waals surface area contributed by atoms with Crippen molar-refractivity contribution in [2.75, 3.05) is 30.9 Å². The second-order valence-electron chi connectivity index (χ2n) is 4.92. The number of nitrogens with one attached hydrogen (secondary N) is 2. The second-order valence-corrected chi connectivity index (χ2v) is 4.92. The van der Waals surface area contributed by atoms with Gasteiger partial charge in [0, 0.05) is 31.5 Å². The molecule has 0 bridgehead atoms. The first-order valence-corrected chi connectivity index (χ1v) is 6.52. The third kappa shape index (κ3) is 2.61. The van der Waals surface area contributed by atoms with Crippen LogP contribution in [0, 0.1) is 0 Å². The van der Waals surface area contributed by atoms with Crippen LogP contribution in [0.5, 0.6) is 0 Å². The van der Waals surface area contributed by atoms with Gasteiger partial charge < -0.3 is 20.0 Å². The number of hydrogen-bond acceptors (Lipinski definition) is 6. The van der Waals surface area contributed by atoms with Crippen LogP contribution < -0.4 is 16.6 Å². The zero-order chi connectivity index (χ0) is 13.2. The molecule has 0 aromatic carbocycles. The summed E-state index contributed by atoms with van der Waals surface area (Å²) >= 11 is 0. The molecule has 7 nitrogen and oxygen atoms in total. The standard InChI is InChI=1S/C12H19N7/c1-18(9-2-3-9)6-4-14-11-12-15-5-7-19(12)8-10(16-11)17-13/h5,7-9,17H,2-4,6,13H2,1H3,(H,14,16). The lowest BCUT2D eigenvalue weighted by Gasteiger charge is -2.16. The van der Waals surface area contributed by atoms with Crippen LogP contribution in [-0.2, 0) is 0 Å². The smallest absolute Gasteiger partial charge is 0.180 e. The molecule has 2 aromatic heterocycles. The highest BCUT2D eigenvalue weighted by atomic mass is 15.3. The van der Waals surface area contributed by atoms with Gasteiger partial charge in [-0.3, -0.25) is 0 Å². The maximum Gasteiger partial charge on any atom is 0.180 e. The number of hydrogen-bond donors (Lipinski definition) is 3. The molecular weight excluding hydrogens is 242 g/mol. The summed E-state index contributed by atoms with van der Waals surface area (Å²) in [5.74, 6) is 6.79. The quantitative estimate of drug-likeness (QED) is 0.519. The lowest BCUT2D eigenvalue weighted by Crippen LogP contribution is -2.27. The van der Waals surface area contributed by atoms with E-state index in [-0.39, 0.29) is 0 Å². The van der Waals surface area contributed by atoms with Gasteiger partial charge in [0.1, 0.15) is 0 Å². The summed E-state index contributed by atoms with van der Waals surface area (Å²) in [6, 6.07) is 0.776. The van der Waals surface area contributed by atoms with E-state index >= 15 is 0 Å². The van der Waals surface area contributed by atoms with Crippen LogP contribution in [0.4, 0.5) is 11.6 Å². The van der Waals surface area contributed by atoms with Crippen molar-refractivity contribution in [3.63, 3.8) is 0 Å². The summed E-state index contributed by atoms with van der Waals surface area (Å²) in [5.41, 5.74) is 3.38. The minimum absolute atomic E-state index is 0.614. The van der Waals surface area contributed by atoms with Crippen molar-refractivity contribution in [2.45, 2.75) is 18.9 Å². The van der Waals surface area contributed by atoms with E-state index in [1.165, 1.54) is 12.8 Å². The molecule has 2 aromatic rings. The largest absolute Gasteiger partial charge is 0.366 e. The predicted molar refractivity (Wildman–Crippen MR) is 74.9 cm³/mol. The monoisotopic (exact) mass is 261 g/mol. The fourth-order valence-corrected chi connectivity index (χ4v) is 2.17. The van der Waals surface area contributed by atoms with Crippen molar-refractivity contribution in [3.05, 3.63) is 18.6 Å². The Hall–Kier alpha value is -1.86. The number of hydrazine groups is 1. The SMILES string of the molecule is CN(CCNc1nc(NN)cn2ccnc12)C1CC1. The predicted octanol–water partition coefficient (Wildman–Crippen LogP) is 0.521. The van der Waals surface area contributed by atoms with E-state index in [9.17, 15) is 0 Å². The van der Waals surface area contributed by atoms with E-state index in [1.807, 2.05) is 16.8 Å². The normalized spacial score (nSPS) is 15.1. The summed E-state index contributed by atoms with van der Waals surface area (Å²) < 4.78 is 1.90. The number of imidazole rings is 1. The lowest BCUT2D eigenvalue weighted by atomic mass is 10.5. The molecule has 7 heteroatoms. The van der Waals surface area contributed by atoms with Gasteiger partial charge in [-0.1, -0.05) is 0 Å². The average molecular weight is 261 g/mol. The van der Waals surface area contributed by atoms with Gasteiger partial charge in [-0.2, -0.15) is 0 Å². The van der Waals surface area contributed by atoms with Crippen LogP contribution in [0.15, 0.2) is 18.6 Å². The van der Waals surface area contributed by atoms with Gasteiger partial charge >= 0.3 is 0 Å². The topological polar surface area (TPSA) is 83.5 Å². The molecule has 0 aliphatic heterocycles. The van der Waals surface area contributed by atoms with Crippen LogP contribution in [-0.4, -0.2) is 45.4 Å². The van der Waals surface area contributed by atoms with Gasteiger partial charge in [-0.15, -0.1) is 0 Å². The average Bonchev–Trinajstić information content (AvgIpc) is 3.16. The molecule has 19 heavy (non-hydrogen) atoms. The van der Waals surface area contributed by atoms with Crippen molar-refractivity contribution in [1.29, 1.82) is 0 Å². The van der Waals surface area contributed by atoms with Gasteiger partial charge in [-0.25, -0.2) is 15.8 Å². The molecule has 1 saturated carbocycles. The van der Waals surface area contributed by atoms with Crippen molar-refractivity contribution in [2.24, 2.45) is 5.84 Å². The summed E-state index contributed by atoms with van der Waals surface area (Å²) in [6.07, 6.45) is 8.08. The highest BCUT2D eigenvalue weighted by molar-refractivity contribution is 5.65. The fraction of sp³-hybridized carbons (Fsp3) is 0.500. The highest BCUT2D eigenvalue weighted by Crippen LogP contribution is 2.24. The van der Waals surface area contributed by atoms with Gasteiger partial charge in [0.15, 0.2) is 17.3 Å². The Kier molecular flexibility index (Phi) is 3.22. The molecule has 1 aliphatic carbocycles. The van der Waals surface area contributed by atoms with Crippen LogP contribution in [0.25, 0.3) is 5.65 Å². The Bertz CT molecular complexity index is 560. The maximum atomic E-state index is 5.42. The van der Waals surface area contributed by atoms with E-state index < -0.39 is 0 Å². The molecule has 1 aliphatic rings. The van der Waals surface area contributed by atoms with Crippen molar-refractivity contribution < 1.29 is 0 Å². The number of fused-ring (bicyclic) bond motifs is 1. The highest BCUT2D eigenvalue weighted by Gasteiger charge is 2.25. The van der Waals surface area contributed by atoms with Crippen LogP contribution >= 0.6 is 0 Å². The zero-order valence-electron chi connectivity index (χ0n) is 11.0. The van der Waals surface area contributed by atoms with E-state index in [2.05, 4.69) is 32.7 Å². The number of likely N-dealkylation sites (N-methyl/N-ethyl adjacent to an activating group) is 1. The Balaban J connectivity index is 1.70. The van der Waals surface area contributed by atoms with Crippen molar-refractivity contribution in [3.8, 4) is 0 Å². The summed E-state index contributed by atoms with van der Waals surface area (Å²) in [7, 11) is 2.16. The van der Waals surface area contributed by atoms with E-state index in [1.54, 1.807) is 6.20 Å². The Morgan fingerprint density at radius 2 is 2.37 bits per heavy atom. The van der Waals surface area contributed by atoms with E-state index in [0.29, 0.717) is 5.82 Å². The first-order chi connectivity index (χ1) is 9.28. The number of anilines is 2. The second kappa shape index (κ2) is 5.02. The Morgan fingerprint density at radius 3 is 3.11 bits per heavy atom. The Morgan fingerprint density at radius 1 is 1.53 bits per heavy atom. The molecule has 0 amide bonds. The first kappa shape index (κ1) is 12.2. The molecule has 3 rings (SSSR count). The number of aromatic nitrogens is 3. The minimum atomic E-state index is 0.614. The first-order valence-electron chi connectivity index (χ1n) is 6.52. The fourth-order valence-electron chi connectivity index (χ4n) is 2.17. The molecular formula is C12H19N7. The van der Waals surface area contributed by atoms with Crippen molar-refractivity contribution >= 4 is 17.3 Å². The molecule has 0 radical (unpaired) electrons. The van der Waals surface area contributed by atoms with Crippen LogP contribution in [0.1, 0.15) is 12.8 Å². The van der Waals surface area contributed by atoms with Crippen LogP contribution in [0.3, 0.4) is 0 Å². The number of nitrogens with zero attached hydrogens (tertiary/aromatic N) is 4. The van der Waals surface area contributed by atoms with Crippen molar-refractivity contribution in [1.82, 2.24) is 19.3 Å². The molecule has 0 atom stereocenters. The molecule has 1 fully saturated rings. The molecule has 4 N–H and O–H groups in total. The number of rotatable bonds is 6. The number of nitrogen functional groups attached to an aromatic ring is 1. The number of nitrogens with two attached hydrogens (primary N) is 1. The van der Waals surface area contributed by atoms with Gasteiger partial charge in [-0.05, 0) is 19.9 Å². The summed E-state index contributed by atoms with van der Waals surface area (Å²) in [5, 5.41) is 3.33. The third-order valence-electron chi connectivity index (χ3n) is 3.45. The van der Waals surface area contributed by atoms with Crippen LogP contribution in [0.2, 0.25) is 0 Å². The molecule has 0 spiro atoms. The zero-order valence-corrected chi connectivity index (χ0v) is 11.0. The van der Waals surface area contributed by atoms with Gasteiger partial charge in [0.2, 0.25) is 0 Å². The minimum Gasteiger partial charge on any atom is -0.366 e. The molecule has 0 saturated heterocycles. The van der Waals surface area contributed by atoms with E-state index in [0.717, 1.165) is 30.6 Å². The maximum absolute atomic E-state index is 5.42. The molecule has 0 unspecified atom stereocenters. The summed E-state index contributed by atoms with van der Waals surface area (Å²) in [6.45, 7) is 1.84.